The van der Waals surface area contributed by atoms with Crippen molar-refractivity contribution in [2.24, 2.45) is 0 Å². The second kappa shape index (κ2) is 13.5. The molecule has 0 radical (unpaired) electrons. The number of ether oxygens (including phenoxy) is 5. The highest BCUT2D eigenvalue weighted by atomic mass is 16.6. The molecular weight excluding hydrogens is 512 g/mol. The van der Waals surface area contributed by atoms with Crippen LogP contribution in [0.1, 0.15) is 0 Å². The van der Waals surface area contributed by atoms with Crippen LogP contribution in [0.3, 0.4) is 0 Å². The molecule has 0 aliphatic carbocycles. The summed E-state index contributed by atoms with van der Waals surface area (Å²) in [5.74, 6) is 1.77. The van der Waals surface area contributed by atoms with Crippen LogP contribution in [-0.4, -0.2) is 52.9 Å². The third-order valence-electron chi connectivity index (χ3n) is 7.17. The van der Waals surface area contributed by atoms with Crippen molar-refractivity contribution in [3.63, 3.8) is 0 Å². The molecular formula is C36H34O5. The van der Waals surface area contributed by atoms with Crippen molar-refractivity contribution in [1.29, 1.82) is 0 Å². The van der Waals surface area contributed by atoms with E-state index < -0.39 is 0 Å². The van der Waals surface area contributed by atoms with Gasteiger partial charge >= 0.3 is 0 Å². The summed E-state index contributed by atoms with van der Waals surface area (Å²) in [5.41, 5.74) is 0. The SMILES string of the molecule is c1ccc2c(c1)cc(OCCOCCOCCOCCOc1cc3ccccc3c3ccccc13)c1ccccc12. The lowest BCUT2D eigenvalue weighted by atomic mass is 10.0. The van der Waals surface area contributed by atoms with E-state index in [2.05, 4.69) is 97.1 Å². The Balaban J connectivity index is 0.855. The maximum atomic E-state index is 6.09. The average Bonchev–Trinajstić information content (AvgIpc) is 3.03. The molecule has 6 aromatic rings. The number of hydrogen-bond acceptors (Lipinski definition) is 5. The summed E-state index contributed by atoms with van der Waals surface area (Å²) in [5, 5.41) is 9.45. The highest BCUT2D eigenvalue weighted by Gasteiger charge is 2.08. The second-order valence-electron chi connectivity index (χ2n) is 9.82. The van der Waals surface area contributed by atoms with Crippen molar-refractivity contribution in [1.82, 2.24) is 0 Å². The van der Waals surface area contributed by atoms with Gasteiger partial charge in [-0.15, -0.1) is 0 Å². The Bertz CT molecular complexity index is 1620. The Morgan fingerprint density at radius 3 is 1.05 bits per heavy atom. The van der Waals surface area contributed by atoms with Gasteiger partial charge in [0.15, 0.2) is 0 Å². The van der Waals surface area contributed by atoms with Crippen molar-refractivity contribution >= 4 is 43.1 Å². The number of fused-ring (bicyclic) bond motifs is 6. The molecule has 0 aliphatic rings. The van der Waals surface area contributed by atoms with E-state index in [1.54, 1.807) is 0 Å². The topological polar surface area (TPSA) is 46.2 Å². The Kier molecular flexibility index (Phi) is 8.88. The molecule has 0 saturated heterocycles. The molecule has 0 spiro atoms. The Morgan fingerprint density at radius 1 is 0.317 bits per heavy atom. The first-order chi connectivity index (χ1) is 20.4. The third-order valence-corrected chi connectivity index (χ3v) is 7.17. The van der Waals surface area contributed by atoms with Crippen LogP contribution in [0.4, 0.5) is 0 Å². The van der Waals surface area contributed by atoms with Gasteiger partial charge in [0.25, 0.3) is 0 Å². The lowest BCUT2D eigenvalue weighted by Crippen LogP contribution is -2.14. The number of rotatable bonds is 14. The average molecular weight is 547 g/mol. The van der Waals surface area contributed by atoms with E-state index in [1.807, 2.05) is 12.1 Å². The Hall–Kier alpha value is -4.16. The number of benzene rings is 6. The van der Waals surface area contributed by atoms with Gasteiger partial charge in [-0.1, -0.05) is 97.1 Å². The molecule has 6 rings (SSSR count). The number of hydrogen-bond donors (Lipinski definition) is 0. The van der Waals surface area contributed by atoms with Crippen LogP contribution in [0.15, 0.2) is 109 Å². The molecule has 208 valence electrons. The molecule has 0 heterocycles. The van der Waals surface area contributed by atoms with E-state index in [-0.39, 0.29) is 0 Å². The van der Waals surface area contributed by atoms with E-state index >= 15 is 0 Å². The Morgan fingerprint density at radius 2 is 0.634 bits per heavy atom. The van der Waals surface area contributed by atoms with Gasteiger partial charge in [0.05, 0.1) is 39.6 Å². The third kappa shape index (κ3) is 6.44. The molecule has 0 amide bonds. The quantitative estimate of drug-likeness (QED) is 0.103. The molecule has 0 bridgehead atoms. The fourth-order valence-corrected chi connectivity index (χ4v) is 5.24. The minimum atomic E-state index is 0.484. The first-order valence-corrected chi connectivity index (χ1v) is 14.2. The zero-order valence-corrected chi connectivity index (χ0v) is 23.1. The van der Waals surface area contributed by atoms with E-state index in [1.165, 1.54) is 32.3 Å². The molecule has 0 aromatic heterocycles. The first kappa shape index (κ1) is 27.0. The van der Waals surface area contributed by atoms with Gasteiger partial charge in [-0.25, -0.2) is 0 Å². The smallest absolute Gasteiger partial charge is 0.127 e. The van der Waals surface area contributed by atoms with Crippen LogP contribution in [0.2, 0.25) is 0 Å². The Labute approximate surface area is 240 Å². The highest BCUT2D eigenvalue weighted by molar-refractivity contribution is 6.11. The monoisotopic (exact) mass is 546 g/mol. The predicted molar refractivity (Wildman–Crippen MR) is 166 cm³/mol. The molecule has 0 N–H and O–H groups in total. The lowest BCUT2D eigenvalue weighted by molar-refractivity contribution is 0.00513. The van der Waals surface area contributed by atoms with Crippen molar-refractivity contribution in [2.75, 3.05) is 52.9 Å². The van der Waals surface area contributed by atoms with E-state index in [4.69, 9.17) is 23.7 Å². The molecule has 41 heavy (non-hydrogen) atoms. The summed E-state index contributed by atoms with van der Waals surface area (Å²) >= 11 is 0. The summed E-state index contributed by atoms with van der Waals surface area (Å²) in [6, 6.07) is 37.7. The lowest BCUT2D eigenvalue weighted by Gasteiger charge is -2.13. The molecule has 6 aromatic carbocycles. The van der Waals surface area contributed by atoms with Crippen LogP contribution in [-0.2, 0) is 14.2 Å². The highest BCUT2D eigenvalue weighted by Crippen LogP contribution is 2.34. The van der Waals surface area contributed by atoms with Crippen molar-refractivity contribution in [2.45, 2.75) is 0 Å². The van der Waals surface area contributed by atoms with Gasteiger partial charge in [-0.2, -0.15) is 0 Å². The fraction of sp³-hybridized carbons (Fsp3) is 0.222. The van der Waals surface area contributed by atoms with Gasteiger partial charge in [0.1, 0.15) is 24.7 Å². The fourth-order valence-electron chi connectivity index (χ4n) is 5.24. The van der Waals surface area contributed by atoms with Crippen molar-refractivity contribution in [3.05, 3.63) is 109 Å². The molecule has 0 saturated carbocycles. The standard InChI is InChI=1S/C36H34O5/c1-3-11-29-27(9-1)25-35(33-15-7-5-13-31(29)33)40-23-21-38-19-17-37-18-20-39-22-24-41-36-26-28-10-2-4-12-30(28)32-14-6-8-16-34(32)36/h1-16,25-26H,17-24H2. The van der Waals surface area contributed by atoms with Gasteiger partial charge in [-0.05, 0) is 44.5 Å². The second-order valence-corrected chi connectivity index (χ2v) is 9.82. The van der Waals surface area contributed by atoms with Crippen LogP contribution in [0, 0.1) is 0 Å². The summed E-state index contributed by atoms with van der Waals surface area (Å²) in [6.07, 6.45) is 0. The van der Waals surface area contributed by atoms with E-state index in [9.17, 15) is 0 Å². The van der Waals surface area contributed by atoms with Crippen LogP contribution in [0.5, 0.6) is 11.5 Å². The zero-order chi connectivity index (χ0) is 27.7. The molecule has 0 fully saturated rings. The van der Waals surface area contributed by atoms with Crippen molar-refractivity contribution < 1.29 is 23.7 Å². The van der Waals surface area contributed by atoms with E-state index in [0.29, 0.717) is 52.9 Å². The van der Waals surface area contributed by atoms with Crippen LogP contribution >= 0.6 is 0 Å². The minimum absolute atomic E-state index is 0.484. The van der Waals surface area contributed by atoms with Gasteiger partial charge in [0.2, 0.25) is 0 Å². The maximum absolute atomic E-state index is 6.09. The normalized spacial score (nSPS) is 11.5. The summed E-state index contributed by atoms with van der Waals surface area (Å²) < 4.78 is 29.2. The van der Waals surface area contributed by atoms with Crippen molar-refractivity contribution in [3.8, 4) is 11.5 Å². The minimum Gasteiger partial charge on any atom is -0.491 e. The first-order valence-electron chi connectivity index (χ1n) is 14.2. The molecule has 5 heteroatoms. The summed E-state index contributed by atoms with van der Waals surface area (Å²) in [7, 11) is 0. The molecule has 0 unspecified atom stereocenters. The largest absolute Gasteiger partial charge is 0.491 e. The zero-order valence-electron chi connectivity index (χ0n) is 23.1. The molecule has 0 atom stereocenters. The van der Waals surface area contributed by atoms with E-state index in [0.717, 1.165) is 22.3 Å². The maximum Gasteiger partial charge on any atom is 0.127 e. The van der Waals surface area contributed by atoms with Gasteiger partial charge in [-0.3, -0.25) is 0 Å². The molecule has 5 nitrogen and oxygen atoms in total. The van der Waals surface area contributed by atoms with Crippen LogP contribution in [0.25, 0.3) is 43.1 Å². The predicted octanol–water partition coefficient (Wildman–Crippen LogP) is 7.81. The molecule has 0 aliphatic heterocycles. The van der Waals surface area contributed by atoms with Gasteiger partial charge < -0.3 is 23.7 Å². The summed E-state index contributed by atoms with van der Waals surface area (Å²) in [4.78, 5) is 0. The summed E-state index contributed by atoms with van der Waals surface area (Å²) in [6.45, 7) is 4.03. The van der Waals surface area contributed by atoms with Crippen LogP contribution < -0.4 is 9.47 Å². The van der Waals surface area contributed by atoms with Gasteiger partial charge in [0, 0.05) is 10.8 Å².